The first kappa shape index (κ1) is 9.71. The van der Waals surface area contributed by atoms with Crippen LogP contribution in [-0.4, -0.2) is 22.4 Å². The fraction of sp³-hybridized carbons (Fsp3) is 0.273. The number of nitrogens with one attached hydrogen (secondary N) is 1. The molecule has 0 unspecified atom stereocenters. The summed E-state index contributed by atoms with van der Waals surface area (Å²) in [7, 11) is 0. The lowest BCUT2D eigenvalue weighted by atomic mass is 10.1. The summed E-state index contributed by atoms with van der Waals surface area (Å²) >= 11 is 0. The first-order valence-electron chi connectivity index (χ1n) is 4.84. The van der Waals surface area contributed by atoms with E-state index in [1.54, 1.807) is 18.5 Å². The first-order valence-corrected chi connectivity index (χ1v) is 4.84. The number of carbonyl (C=O) groups is 1. The molecule has 2 aromatic rings. The van der Waals surface area contributed by atoms with Gasteiger partial charge in [0.15, 0.2) is 5.78 Å². The van der Waals surface area contributed by atoms with Crippen molar-refractivity contribution in [1.82, 2.24) is 9.97 Å². The van der Waals surface area contributed by atoms with Crippen LogP contribution < -0.4 is 4.74 Å². The van der Waals surface area contributed by atoms with Crippen LogP contribution in [0.25, 0.3) is 11.0 Å². The van der Waals surface area contributed by atoms with E-state index in [1.165, 1.54) is 6.92 Å². The van der Waals surface area contributed by atoms with Crippen molar-refractivity contribution in [1.29, 1.82) is 0 Å². The molecule has 0 aliphatic rings. The predicted octanol–water partition coefficient (Wildman–Crippen LogP) is 2.16. The molecule has 0 bridgehead atoms. The van der Waals surface area contributed by atoms with Crippen LogP contribution in [0, 0.1) is 0 Å². The number of fused-ring (bicyclic) bond motifs is 1. The first-order chi connectivity index (χ1) is 7.24. The number of nitrogens with zero attached hydrogens (tertiary/aromatic N) is 1. The molecule has 2 heterocycles. The summed E-state index contributed by atoms with van der Waals surface area (Å²) in [4.78, 5) is 18.5. The van der Waals surface area contributed by atoms with Gasteiger partial charge in [0.25, 0.3) is 0 Å². The van der Waals surface area contributed by atoms with Gasteiger partial charge in [0.2, 0.25) is 0 Å². The van der Waals surface area contributed by atoms with Crippen LogP contribution in [0.2, 0.25) is 0 Å². The van der Waals surface area contributed by atoms with Crippen LogP contribution in [0.5, 0.6) is 5.75 Å². The number of hydrogen-bond donors (Lipinski definition) is 1. The minimum atomic E-state index is 0.00945. The molecule has 0 spiro atoms. The molecule has 2 aromatic heterocycles. The second kappa shape index (κ2) is 3.73. The molecule has 0 radical (unpaired) electrons. The molecule has 0 aliphatic heterocycles. The Hall–Kier alpha value is -1.84. The summed E-state index contributed by atoms with van der Waals surface area (Å²) in [6, 6.07) is 1.77. The lowest BCUT2D eigenvalue weighted by Crippen LogP contribution is -1.95. The summed E-state index contributed by atoms with van der Waals surface area (Å²) in [5.41, 5.74) is 1.31. The van der Waals surface area contributed by atoms with Gasteiger partial charge in [-0.15, -0.1) is 0 Å². The van der Waals surface area contributed by atoms with Gasteiger partial charge in [0, 0.05) is 18.0 Å². The van der Waals surface area contributed by atoms with Crippen LogP contribution in [0.15, 0.2) is 18.5 Å². The number of hydrogen-bond acceptors (Lipinski definition) is 3. The minimum Gasteiger partial charge on any atom is -0.493 e. The molecule has 4 heteroatoms. The lowest BCUT2D eigenvalue weighted by molar-refractivity contribution is 0.101. The zero-order chi connectivity index (χ0) is 10.8. The van der Waals surface area contributed by atoms with Crippen LogP contribution in [-0.2, 0) is 0 Å². The van der Waals surface area contributed by atoms with Crippen LogP contribution in [0.4, 0.5) is 0 Å². The molecule has 2 rings (SSSR count). The van der Waals surface area contributed by atoms with E-state index in [2.05, 4.69) is 9.97 Å². The maximum Gasteiger partial charge on any atom is 0.162 e. The fourth-order valence-corrected chi connectivity index (χ4v) is 1.58. The molecule has 15 heavy (non-hydrogen) atoms. The van der Waals surface area contributed by atoms with Crippen LogP contribution in [0.1, 0.15) is 24.2 Å². The number of ether oxygens (including phenoxy) is 1. The molecule has 4 nitrogen and oxygen atoms in total. The minimum absolute atomic E-state index is 0.00945. The van der Waals surface area contributed by atoms with Crippen molar-refractivity contribution < 1.29 is 9.53 Å². The summed E-state index contributed by atoms with van der Waals surface area (Å²) in [5.74, 6) is 0.712. The van der Waals surface area contributed by atoms with E-state index >= 15 is 0 Å². The third-order valence-corrected chi connectivity index (χ3v) is 2.21. The normalized spacial score (nSPS) is 10.5. The molecule has 78 valence electrons. The van der Waals surface area contributed by atoms with Gasteiger partial charge in [0.05, 0.1) is 12.0 Å². The van der Waals surface area contributed by atoms with Gasteiger partial charge in [-0.3, -0.25) is 4.79 Å². The van der Waals surface area contributed by atoms with Crippen LogP contribution >= 0.6 is 0 Å². The molecule has 0 amide bonds. The Morgan fingerprint density at radius 1 is 1.60 bits per heavy atom. The van der Waals surface area contributed by atoms with Gasteiger partial charge < -0.3 is 9.72 Å². The number of Topliss-reactive ketones (excluding diaryl/α,β-unsaturated/α-hetero) is 1. The average Bonchev–Trinajstić information content (AvgIpc) is 2.62. The topological polar surface area (TPSA) is 55.0 Å². The summed E-state index contributed by atoms with van der Waals surface area (Å²) < 4.78 is 5.46. The Labute approximate surface area is 87.3 Å². The summed E-state index contributed by atoms with van der Waals surface area (Å²) in [6.07, 6.45) is 3.33. The van der Waals surface area contributed by atoms with E-state index in [1.807, 2.05) is 6.92 Å². The Balaban J connectivity index is 2.69. The highest BCUT2D eigenvalue weighted by Crippen LogP contribution is 2.27. The Kier molecular flexibility index (Phi) is 2.41. The molecule has 0 saturated heterocycles. The Morgan fingerprint density at radius 2 is 2.40 bits per heavy atom. The van der Waals surface area contributed by atoms with Crippen molar-refractivity contribution in [2.45, 2.75) is 13.8 Å². The summed E-state index contributed by atoms with van der Waals surface area (Å²) in [5, 5.41) is 0.770. The quantitative estimate of drug-likeness (QED) is 0.779. The standard InChI is InChI=1S/C11H12N2O2/c1-3-15-9-4-5-12-11-10(9)8(6-13-11)7(2)14/h4-6H,3H2,1-2H3,(H,12,13). The lowest BCUT2D eigenvalue weighted by Gasteiger charge is -2.04. The SMILES string of the molecule is CCOc1ccnc2[nH]cc(C(C)=O)c12. The van der Waals surface area contributed by atoms with Gasteiger partial charge in [-0.25, -0.2) is 4.98 Å². The number of aromatic amines is 1. The number of pyridine rings is 1. The molecular weight excluding hydrogens is 192 g/mol. The maximum atomic E-state index is 11.4. The van der Waals surface area contributed by atoms with E-state index < -0.39 is 0 Å². The summed E-state index contributed by atoms with van der Waals surface area (Å²) in [6.45, 7) is 4.01. The molecule has 1 N–H and O–H groups in total. The monoisotopic (exact) mass is 204 g/mol. The van der Waals surface area contributed by atoms with Crippen molar-refractivity contribution in [3.63, 3.8) is 0 Å². The highest BCUT2D eigenvalue weighted by Gasteiger charge is 2.13. The fourth-order valence-electron chi connectivity index (χ4n) is 1.58. The molecule has 0 saturated carbocycles. The van der Waals surface area contributed by atoms with Crippen molar-refractivity contribution in [2.24, 2.45) is 0 Å². The second-order valence-electron chi connectivity index (χ2n) is 3.22. The molecule has 0 aliphatic carbocycles. The van der Waals surface area contributed by atoms with Crippen molar-refractivity contribution in [3.05, 3.63) is 24.0 Å². The zero-order valence-corrected chi connectivity index (χ0v) is 8.70. The third kappa shape index (κ3) is 1.58. The second-order valence-corrected chi connectivity index (χ2v) is 3.22. The maximum absolute atomic E-state index is 11.4. The van der Waals surface area contributed by atoms with Gasteiger partial charge >= 0.3 is 0 Å². The van der Waals surface area contributed by atoms with E-state index in [0.717, 1.165) is 5.39 Å². The zero-order valence-electron chi connectivity index (χ0n) is 8.70. The number of rotatable bonds is 3. The predicted molar refractivity (Wildman–Crippen MR) is 57.3 cm³/mol. The number of ketones is 1. The molecule has 0 fully saturated rings. The highest BCUT2D eigenvalue weighted by molar-refractivity contribution is 6.08. The van der Waals surface area contributed by atoms with E-state index in [9.17, 15) is 4.79 Å². The number of carbonyl (C=O) groups excluding carboxylic acids is 1. The smallest absolute Gasteiger partial charge is 0.162 e. The highest BCUT2D eigenvalue weighted by atomic mass is 16.5. The van der Waals surface area contributed by atoms with Crippen LogP contribution in [0.3, 0.4) is 0 Å². The number of H-pyrrole nitrogens is 1. The van der Waals surface area contributed by atoms with Crippen molar-refractivity contribution >= 4 is 16.8 Å². The largest absolute Gasteiger partial charge is 0.493 e. The molecule has 0 aromatic carbocycles. The van der Waals surface area contributed by atoms with E-state index in [4.69, 9.17) is 4.74 Å². The van der Waals surface area contributed by atoms with Crippen molar-refractivity contribution in [2.75, 3.05) is 6.61 Å². The van der Waals surface area contributed by atoms with Gasteiger partial charge in [-0.2, -0.15) is 0 Å². The number of aromatic nitrogens is 2. The van der Waals surface area contributed by atoms with Crippen molar-refractivity contribution in [3.8, 4) is 5.75 Å². The van der Waals surface area contributed by atoms with Gasteiger partial charge in [0.1, 0.15) is 11.4 Å². The average molecular weight is 204 g/mol. The Morgan fingerprint density at radius 3 is 3.07 bits per heavy atom. The van der Waals surface area contributed by atoms with Gasteiger partial charge in [-0.05, 0) is 19.9 Å². The third-order valence-electron chi connectivity index (χ3n) is 2.21. The van der Waals surface area contributed by atoms with E-state index in [-0.39, 0.29) is 5.78 Å². The Bertz CT molecular complexity index is 502. The molecular formula is C11H12N2O2. The van der Waals surface area contributed by atoms with Gasteiger partial charge in [-0.1, -0.05) is 0 Å². The van der Waals surface area contributed by atoms with E-state index in [0.29, 0.717) is 23.6 Å². The molecule has 0 atom stereocenters.